The number of alkyl halides is 3. The number of rotatable bonds is 3. The molecule has 1 fully saturated rings. The van der Waals surface area contributed by atoms with Gasteiger partial charge in [0.15, 0.2) is 0 Å². The molecule has 8 heteroatoms. The molecule has 0 aromatic carbocycles. The van der Waals surface area contributed by atoms with Crippen molar-refractivity contribution in [1.29, 1.82) is 0 Å². The first-order valence-electron chi connectivity index (χ1n) is 7.92. The highest BCUT2D eigenvalue weighted by Crippen LogP contribution is 2.33. The molecule has 1 atom stereocenters. The lowest BCUT2D eigenvalue weighted by Gasteiger charge is -2.30. The molecular formula is C15H23F3N4O. The van der Waals surface area contributed by atoms with Gasteiger partial charge in [-0.1, -0.05) is 12.8 Å². The second kappa shape index (κ2) is 7.23. The number of H-pyrrole nitrogens is 1. The van der Waals surface area contributed by atoms with Crippen LogP contribution in [-0.4, -0.2) is 40.4 Å². The van der Waals surface area contributed by atoms with Crippen molar-refractivity contribution in [3.05, 3.63) is 17.0 Å². The lowest BCUT2D eigenvalue weighted by atomic mass is 9.99. The number of aromatic nitrogens is 2. The largest absolute Gasteiger partial charge is 0.390 e. The third-order valence-corrected chi connectivity index (χ3v) is 4.22. The zero-order chi connectivity index (χ0) is 17.0. The van der Waals surface area contributed by atoms with E-state index in [0.29, 0.717) is 6.54 Å². The van der Waals surface area contributed by atoms with Crippen molar-refractivity contribution in [1.82, 2.24) is 20.4 Å². The molecule has 0 saturated carbocycles. The predicted molar refractivity (Wildman–Crippen MR) is 80.0 cm³/mol. The Labute approximate surface area is 133 Å². The summed E-state index contributed by atoms with van der Waals surface area (Å²) < 4.78 is 36.7. The van der Waals surface area contributed by atoms with Crippen molar-refractivity contribution in [2.45, 2.75) is 58.2 Å². The third kappa shape index (κ3) is 4.62. The fourth-order valence-corrected chi connectivity index (χ4v) is 3.11. The topological polar surface area (TPSA) is 61.0 Å². The first-order valence-corrected chi connectivity index (χ1v) is 7.92. The molecule has 0 aliphatic carbocycles. The lowest BCUT2D eigenvalue weighted by molar-refractivity contribution is -0.133. The highest BCUT2D eigenvalue weighted by atomic mass is 19.4. The quantitative estimate of drug-likeness (QED) is 0.888. The van der Waals surface area contributed by atoms with Crippen molar-refractivity contribution in [2.75, 3.05) is 13.1 Å². The van der Waals surface area contributed by atoms with Gasteiger partial charge in [0.2, 0.25) is 0 Å². The molecule has 1 aliphatic rings. The molecule has 2 rings (SSSR count). The first kappa shape index (κ1) is 17.6. The Morgan fingerprint density at radius 1 is 1.35 bits per heavy atom. The number of hydrogen-bond donors (Lipinski definition) is 2. The molecule has 0 spiro atoms. The van der Waals surface area contributed by atoms with Gasteiger partial charge in [0, 0.05) is 24.3 Å². The minimum atomic E-state index is -4.26. The molecule has 0 bridgehead atoms. The van der Waals surface area contributed by atoms with E-state index in [0.717, 1.165) is 42.6 Å². The monoisotopic (exact) mass is 332 g/mol. The van der Waals surface area contributed by atoms with Crippen LogP contribution in [0, 0.1) is 13.8 Å². The van der Waals surface area contributed by atoms with E-state index < -0.39 is 25.2 Å². The van der Waals surface area contributed by atoms with Crippen LogP contribution in [0.4, 0.5) is 18.0 Å². The van der Waals surface area contributed by atoms with E-state index >= 15 is 0 Å². The van der Waals surface area contributed by atoms with Crippen LogP contribution in [0.5, 0.6) is 0 Å². The SMILES string of the molecule is Cc1n[nH]c(C)c1[C@@H]1CCCCCN1C(=O)NCCC(F)(F)F. The summed E-state index contributed by atoms with van der Waals surface area (Å²) in [4.78, 5) is 14.0. The van der Waals surface area contributed by atoms with Crippen LogP contribution in [0.1, 0.15) is 55.1 Å². The molecular weight excluding hydrogens is 309 g/mol. The maximum absolute atomic E-state index is 12.4. The molecule has 2 amide bonds. The van der Waals surface area contributed by atoms with E-state index in [4.69, 9.17) is 0 Å². The maximum atomic E-state index is 12.4. The summed E-state index contributed by atoms with van der Waals surface area (Å²) in [6.45, 7) is 3.94. The van der Waals surface area contributed by atoms with Gasteiger partial charge in [-0.05, 0) is 26.7 Å². The van der Waals surface area contributed by atoms with Gasteiger partial charge in [-0.25, -0.2) is 4.79 Å². The van der Waals surface area contributed by atoms with E-state index in [-0.39, 0.29) is 6.04 Å². The Hall–Kier alpha value is -1.73. The molecule has 1 saturated heterocycles. The molecule has 23 heavy (non-hydrogen) atoms. The summed E-state index contributed by atoms with van der Waals surface area (Å²) in [5.74, 6) is 0. The number of amides is 2. The molecule has 1 aromatic rings. The van der Waals surface area contributed by atoms with Gasteiger partial charge in [0.05, 0.1) is 18.2 Å². The molecule has 130 valence electrons. The summed E-state index contributed by atoms with van der Waals surface area (Å²) >= 11 is 0. The van der Waals surface area contributed by atoms with Crippen molar-refractivity contribution in [3.8, 4) is 0 Å². The number of hydrogen-bond acceptors (Lipinski definition) is 2. The summed E-state index contributed by atoms with van der Waals surface area (Å²) in [5.41, 5.74) is 2.72. The van der Waals surface area contributed by atoms with Gasteiger partial charge < -0.3 is 10.2 Å². The van der Waals surface area contributed by atoms with Gasteiger partial charge >= 0.3 is 12.2 Å². The van der Waals surface area contributed by atoms with Gasteiger partial charge in [-0.2, -0.15) is 18.3 Å². The Morgan fingerprint density at radius 2 is 2.09 bits per heavy atom. The number of aryl methyl sites for hydroxylation is 2. The van der Waals surface area contributed by atoms with E-state index in [2.05, 4.69) is 15.5 Å². The number of nitrogens with one attached hydrogen (secondary N) is 2. The standard InChI is InChI=1S/C15H23F3N4O/c1-10-13(11(2)21-20-10)12-6-4-3-5-9-22(12)14(23)19-8-7-15(16,17)18/h12H,3-9H2,1-2H3,(H,19,23)(H,20,21)/t12-/m0/s1. The minimum Gasteiger partial charge on any atom is -0.338 e. The molecule has 2 heterocycles. The van der Waals surface area contributed by atoms with Crippen LogP contribution in [0.3, 0.4) is 0 Å². The number of likely N-dealkylation sites (tertiary alicyclic amines) is 1. The Kier molecular flexibility index (Phi) is 5.54. The van der Waals surface area contributed by atoms with E-state index in [1.165, 1.54) is 0 Å². The van der Waals surface area contributed by atoms with Crippen molar-refractivity contribution < 1.29 is 18.0 Å². The van der Waals surface area contributed by atoms with E-state index in [9.17, 15) is 18.0 Å². The molecule has 5 nitrogen and oxygen atoms in total. The number of carbonyl (C=O) groups excluding carboxylic acids is 1. The maximum Gasteiger partial charge on any atom is 0.390 e. The van der Waals surface area contributed by atoms with Gasteiger partial charge in [-0.15, -0.1) is 0 Å². The molecule has 2 N–H and O–H groups in total. The third-order valence-electron chi connectivity index (χ3n) is 4.22. The Bertz CT molecular complexity index is 522. The van der Waals surface area contributed by atoms with Gasteiger partial charge in [-0.3, -0.25) is 5.10 Å². The second-order valence-corrected chi connectivity index (χ2v) is 6.00. The molecule has 0 radical (unpaired) electrons. The van der Waals surface area contributed by atoms with Crippen LogP contribution in [0.15, 0.2) is 0 Å². The lowest BCUT2D eigenvalue weighted by Crippen LogP contribution is -2.43. The van der Waals surface area contributed by atoms with Crippen LogP contribution < -0.4 is 5.32 Å². The number of carbonyl (C=O) groups is 1. The molecule has 1 aromatic heterocycles. The highest BCUT2D eigenvalue weighted by molar-refractivity contribution is 5.75. The van der Waals surface area contributed by atoms with Crippen molar-refractivity contribution in [2.24, 2.45) is 0 Å². The average Bonchev–Trinajstić information content (AvgIpc) is 2.65. The summed E-state index contributed by atoms with van der Waals surface area (Å²) in [6, 6.07) is -0.566. The van der Waals surface area contributed by atoms with Crippen molar-refractivity contribution >= 4 is 6.03 Å². The minimum absolute atomic E-state index is 0.137. The Balaban J connectivity index is 2.11. The van der Waals surface area contributed by atoms with Crippen LogP contribution in [0.2, 0.25) is 0 Å². The number of nitrogens with zero attached hydrogens (tertiary/aromatic N) is 2. The second-order valence-electron chi connectivity index (χ2n) is 6.00. The normalized spacial score (nSPS) is 19.5. The van der Waals surface area contributed by atoms with Gasteiger partial charge in [0.1, 0.15) is 0 Å². The zero-order valence-electron chi connectivity index (χ0n) is 13.5. The van der Waals surface area contributed by atoms with Crippen molar-refractivity contribution in [3.63, 3.8) is 0 Å². The average molecular weight is 332 g/mol. The van der Waals surface area contributed by atoms with E-state index in [1.54, 1.807) is 4.90 Å². The molecule has 0 unspecified atom stereocenters. The first-order chi connectivity index (χ1) is 10.8. The fourth-order valence-electron chi connectivity index (χ4n) is 3.11. The van der Waals surface area contributed by atoms with Crippen LogP contribution in [0.25, 0.3) is 0 Å². The van der Waals surface area contributed by atoms with Crippen LogP contribution >= 0.6 is 0 Å². The molecule has 1 aliphatic heterocycles. The smallest absolute Gasteiger partial charge is 0.338 e. The Morgan fingerprint density at radius 3 is 2.70 bits per heavy atom. The highest BCUT2D eigenvalue weighted by Gasteiger charge is 2.31. The predicted octanol–water partition coefficient (Wildman–Crippen LogP) is 3.61. The number of aromatic amines is 1. The summed E-state index contributed by atoms with van der Waals surface area (Å²) in [6.07, 6.45) is -1.61. The number of urea groups is 1. The fraction of sp³-hybridized carbons (Fsp3) is 0.733. The van der Waals surface area contributed by atoms with E-state index in [1.807, 2.05) is 13.8 Å². The summed E-state index contributed by atoms with van der Waals surface area (Å²) in [5, 5.41) is 9.50. The van der Waals surface area contributed by atoms with Crippen LogP contribution in [-0.2, 0) is 0 Å². The van der Waals surface area contributed by atoms with Gasteiger partial charge in [0.25, 0.3) is 0 Å². The number of halogens is 3. The zero-order valence-corrected chi connectivity index (χ0v) is 13.5. The summed E-state index contributed by atoms with van der Waals surface area (Å²) in [7, 11) is 0.